The first-order valence-corrected chi connectivity index (χ1v) is 8.45. The average molecular weight is 302 g/mol. The summed E-state index contributed by atoms with van der Waals surface area (Å²) in [5.41, 5.74) is 2.47. The van der Waals surface area contributed by atoms with Gasteiger partial charge in [-0.05, 0) is 55.5 Å². The third kappa shape index (κ3) is 3.35. The summed E-state index contributed by atoms with van der Waals surface area (Å²) in [6, 6.07) is 2.54. The second-order valence-corrected chi connectivity index (χ2v) is 6.59. The third-order valence-corrected chi connectivity index (χ3v) is 4.58. The monoisotopic (exact) mass is 302 g/mol. The van der Waals surface area contributed by atoms with Gasteiger partial charge in [0.05, 0.1) is 0 Å². The van der Waals surface area contributed by atoms with Crippen LogP contribution in [0.2, 0.25) is 0 Å². The summed E-state index contributed by atoms with van der Waals surface area (Å²) in [5, 5.41) is 11.1. The molecule has 1 atom stereocenters. The fraction of sp³-hybridized carbons (Fsp3) is 0.500. The Bertz CT molecular complexity index is 605. The largest absolute Gasteiger partial charge is 0.373 e. The number of hydrogen-bond acceptors (Lipinski definition) is 5. The quantitative estimate of drug-likeness (QED) is 0.852. The van der Waals surface area contributed by atoms with E-state index in [4.69, 9.17) is 4.98 Å². The van der Waals surface area contributed by atoms with E-state index in [9.17, 15) is 0 Å². The van der Waals surface area contributed by atoms with Gasteiger partial charge in [-0.25, -0.2) is 9.97 Å². The lowest BCUT2D eigenvalue weighted by Crippen LogP contribution is -2.20. The van der Waals surface area contributed by atoms with E-state index < -0.39 is 0 Å². The highest BCUT2D eigenvalue weighted by Gasteiger charge is 2.28. The maximum absolute atomic E-state index is 4.75. The molecule has 5 heteroatoms. The number of nitrogens with zero attached hydrogens (tertiary/aromatic N) is 2. The Hall–Kier alpha value is -1.62. The highest BCUT2D eigenvalue weighted by molar-refractivity contribution is 7.07. The maximum Gasteiger partial charge on any atom is 0.136 e. The van der Waals surface area contributed by atoms with Crippen molar-refractivity contribution in [2.24, 2.45) is 0 Å². The molecule has 2 heterocycles. The van der Waals surface area contributed by atoms with Crippen LogP contribution in [-0.4, -0.2) is 23.1 Å². The van der Waals surface area contributed by atoms with E-state index in [-0.39, 0.29) is 0 Å². The molecule has 2 aromatic heterocycles. The summed E-state index contributed by atoms with van der Waals surface area (Å²) in [5.74, 6) is 3.46. The number of thiophene rings is 1. The molecule has 1 unspecified atom stereocenters. The molecule has 0 aliphatic heterocycles. The molecule has 1 aliphatic carbocycles. The van der Waals surface area contributed by atoms with Gasteiger partial charge in [0.25, 0.3) is 0 Å². The molecule has 4 nitrogen and oxygen atoms in total. The van der Waals surface area contributed by atoms with E-state index >= 15 is 0 Å². The SMILES string of the molecule is CNc1nc(C2CC2)nc(NC(C)Cc2ccsc2)c1C. The molecular weight excluding hydrogens is 280 g/mol. The van der Waals surface area contributed by atoms with E-state index in [0.29, 0.717) is 12.0 Å². The number of rotatable bonds is 6. The highest BCUT2D eigenvalue weighted by atomic mass is 32.1. The van der Waals surface area contributed by atoms with Gasteiger partial charge in [0.1, 0.15) is 17.5 Å². The van der Waals surface area contributed by atoms with Crippen molar-refractivity contribution in [3.63, 3.8) is 0 Å². The van der Waals surface area contributed by atoms with Crippen molar-refractivity contribution in [3.05, 3.63) is 33.8 Å². The molecule has 0 bridgehead atoms. The van der Waals surface area contributed by atoms with Crippen LogP contribution in [0.4, 0.5) is 11.6 Å². The number of aromatic nitrogens is 2. The molecule has 0 radical (unpaired) electrons. The molecule has 3 rings (SSSR count). The summed E-state index contributed by atoms with van der Waals surface area (Å²) >= 11 is 1.75. The number of nitrogens with one attached hydrogen (secondary N) is 2. The van der Waals surface area contributed by atoms with Crippen molar-refractivity contribution in [2.75, 3.05) is 17.7 Å². The Morgan fingerprint density at radius 1 is 1.33 bits per heavy atom. The van der Waals surface area contributed by atoms with Crippen molar-refractivity contribution in [3.8, 4) is 0 Å². The normalized spacial score (nSPS) is 15.8. The maximum atomic E-state index is 4.75. The molecular formula is C16H22N4S. The second kappa shape index (κ2) is 6.02. The van der Waals surface area contributed by atoms with Gasteiger partial charge in [0.2, 0.25) is 0 Å². The summed E-state index contributed by atoms with van der Waals surface area (Å²) in [4.78, 5) is 9.39. The third-order valence-electron chi connectivity index (χ3n) is 3.85. The molecule has 0 saturated heterocycles. The Kier molecular flexibility index (Phi) is 4.10. The Morgan fingerprint density at radius 3 is 2.71 bits per heavy atom. The van der Waals surface area contributed by atoms with Crippen molar-refractivity contribution in [1.29, 1.82) is 0 Å². The van der Waals surface area contributed by atoms with Crippen LogP contribution in [0.5, 0.6) is 0 Å². The van der Waals surface area contributed by atoms with Crippen molar-refractivity contribution in [2.45, 2.75) is 45.1 Å². The van der Waals surface area contributed by atoms with Crippen LogP contribution in [0.25, 0.3) is 0 Å². The van der Waals surface area contributed by atoms with Gasteiger partial charge in [-0.3, -0.25) is 0 Å². The van der Waals surface area contributed by atoms with E-state index in [1.807, 2.05) is 7.05 Å². The second-order valence-electron chi connectivity index (χ2n) is 5.81. The van der Waals surface area contributed by atoms with Gasteiger partial charge < -0.3 is 10.6 Å². The first kappa shape index (κ1) is 14.3. The molecule has 0 spiro atoms. The molecule has 1 aliphatic rings. The van der Waals surface area contributed by atoms with Gasteiger partial charge in [0, 0.05) is 24.6 Å². The molecule has 0 aromatic carbocycles. The van der Waals surface area contributed by atoms with Crippen molar-refractivity contribution in [1.82, 2.24) is 9.97 Å². The summed E-state index contributed by atoms with van der Waals surface area (Å²) in [6.45, 7) is 4.28. The Balaban J connectivity index is 1.78. The summed E-state index contributed by atoms with van der Waals surface area (Å²) < 4.78 is 0. The molecule has 1 fully saturated rings. The van der Waals surface area contributed by atoms with Crippen LogP contribution in [0.15, 0.2) is 16.8 Å². The lowest BCUT2D eigenvalue weighted by Gasteiger charge is -2.18. The van der Waals surface area contributed by atoms with E-state index in [0.717, 1.165) is 29.4 Å². The molecule has 21 heavy (non-hydrogen) atoms. The number of hydrogen-bond donors (Lipinski definition) is 2. The van der Waals surface area contributed by atoms with Gasteiger partial charge in [-0.2, -0.15) is 11.3 Å². The Morgan fingerprint density at radius 2 is 2.10 bits per heavy atom. The predicted octanol–water partition coefficient (Wildman–Crippen LogP) is 3.81. The minimum Gasteiger partial charge on any atom is -0.373 e. The fourth-order valence-electron chi connectivity index (χ4n) is 2.49. The van der Waals surface area contributed by atoms with Crippen LogP contribution in [0, 0.1) is 6.92 Å². The molecule has 2 aromatic rings. The van der Waals surface area contributed by atoms with Crippen LogP contribution in [0.3, 0.4) is 0 Å². The van der Waals surface area contributed by atoms with Gasteiger partial charge >= 0.3 is 0 Å². The van der Waals surface area contributed by atoms with Crippen molar-refractivity contribution >= 4 is 23.0 Å². The average Bonchev–Trinajstić information content (AvgIpc) is 3.20. The molecule has 112 valence electrons. The van der Waals surface area contributed by atoms with E-state index in [1.165, 1.54) is 18.4 Å². The first-order valence-electron chi connectivity index (χ1n) is 7.51. The standard InChI is InChI=1S/C16H22N4S/c1-10(8-12-6-7-21-9-12)18-15-11(2)14(17-3)19-16(20-15)13-4-5-13/h6-7,9-10,13H,4-5,8H2,1-3H3,(H2,17,18,19,20). The summed E-state index contributed by atoms with van der Waals surface area (Å²) in [6.07, 6.45) is 3.45. The van der Waals surface area contributed by atoms with Gasteiger partial charge in [-0.1, -0.05) is 0 Å². The molecule has 0 amide bonds. The van der Waals surface area contributed by atoms with Crippen LogP contribution < -0.4 is 10.6 Å². The predicted molar refractivity (Wildman–Crippen MR) is 89.4 cm³/mol. The molecule has 2 N–H and O–H groups in total. The van der Waals surface area contributed by atoms with Crippen LogP contribution in [0.1, 0.15) is 42.6 Å². The van der Waals surface area contributed by atoms with Gasteiger partial charge in [-0.15, -0.1) is 0 Å². The summed E-state index contributed by atoms with van der Waals surface area (Å²) in [7, 11) is 1.92. The lowest BCUT2D eigenvalue weighted by molar-refractivity contribution is 0.779. The topological polar surface area (TPSA) is 49.8 Å². The van der Waals surface area contributed by atoms with E-state index in [2.05, 4.69) is 46.3 Å². The van der Waals surface area contributed by atoms with Gasteiger partial charge in [0.15, 0.2) is 0 Å². The minimum atomic E-state index is 0.352. The Labute approximate surface area is 130 Å². The first-order chi connectivity index (χ1) is 10.2. The zero-order chi connectivity index (χ0) is 14.8. The highest BCUT2D eigenvalue weighted by Crippen LogP contribution is 2.39. The molecule has 1 saturated carbocycles. The zero-order valence-electron chi connectivity index (χ0n) is 12.8. The lowest BCUT2D eigenvalue weighted by atomic mass is 10.1. The zero-order valence-corrected chi connectivity index (χ0v) is 13.6. The minimum absolute atomic E-state index is 0.352. The fourth-order valence-corrected chi connectivity index (χ4v) is 3.17. The van der Waals surface area contributed by atoms with Crippen molar-refractivity contribution < 1.29 is 0 Å². The number of anilines is 2. The van der Waals surface area contributed by atoms with Crippen LogP contribution >= 0.6 is 11.3 Å². The van der Waals surface area contributed by atoms with E-state index in [1.54, 1.807) is 11.3 Å². The van der Waals surface area contributed by atoms with Crippen LogP contribution in [-0.2, 0) is 6.42 Å². The smallest absolute Gasteiger partial charge is 0.136 e.